The molecule has 2 rings (SSSR count). The molecule has 0 amide bonds. The molecule has 0 fully saturated rings. The van der Waals surface area contributed by atoms with Crippen LogP contribution < -0.4 is 9.64 Å². The number of Topliss-reactive ketones (excluding diaryl/α,β-unsaturated/α-hetero) is 1. The highest BCUT2D eigenvalue weighted by atomic mass is 79.9. The minimum absolute atomic E-state index is 0.0563. The smallest absolute Gasteiger partial charge is 0.160 e. The van der Waals surface area contributed by atoms with Gasteiger partial charge in [0.2, 0.25) is 0 Å². The third kappa shape index (κ3) is 3.64. The van der Waals surface area contributed by atoms with E-state index in [0.717, 1.165) is 28.0 Å². The van der Waals surface area contributed by atoms with E-state index in [-0.39, 0.29) is 5.78 Å². The molecule has 0 heterocycles. The number of carbonyl (C=O) groups is 1. The van der Waals surface area contributed by atoms with Gasteiger partial charge in [-0.1, -0.05) is 18.2 Å². The van der Waals surface area contributed by atoms with Crippen LogP contribution >= 0.6 is 15.9 Å². The van der Waals surface area contributed by atoms with E-state index in [1.165, 1.54) is 0 Å². The number of carbonyl (C=O) groups excluding carboxylic acids is 1. The van der Waals surface area contributed by atoms with Crippen molar-refractivity contribution in [3.63, 3.8) is 0 Å². The van der Waals surface area contributed by atoms with Gasteiger partial charge in [0.05, 0.1) is 7.11 Å². The van der Waals surface area contributed by atoms with E-state index in [1.54, 1.807) is 14.0 Å². The van der Waals surface area contributed by atoms with Crippen molar-refractivity contribution in [3.05, 3.63) is 58.1 Å². The summed E-state index contributed by atoms with van der Waals surface area (Å²) in [5.41, 5.74) is 2.86. The molecule has 0 aliphatic rings. The van der Waals surface area contributed by atoms with Crippen molar-refractivity contribution in [2.75, 3.05) is 19.1 Å². The van der Waals surface area contributed by atoms with Gasteiger partial charge in [0.1, 0.15) is 5.75 Å². The number of ketones is 1. The maximum Gasteiger partial charge on any atom is 0.160 e. The quantitative estimate of drug-likeness (QED) is 0.755. The number of benzene rings is 2. The molecule has 2 aromatic rings. The molecule has 0 saturated carbocycles. The van der Waals surface area contributed by atoms with Crippen molar-refractivity contribution in [2.45, 2.75) is 13.5 Å². The first-order valence-corrected chi connectivity index (χ1v) is 7.45. The normalized spacial score (nSPS) is 10.3. The lowest BCUT2D eigenvalue weighted by atomic mass is 10.1. The Bertz CT molecular complexity index is 655. The number of para-hydroxylation sites is 1. The zero-order valence-electron chi connectivity index (χ0n) is 12.4. The minimum Gasteiger partial charge on any atom is -0.496 e. The summed E-state index contributed by atoms with van der Waals surface area (Å²) in [6, 6.07) is 13.7. The molecule has 0 N–H and O–H groups in total. The number of ether oxygens (including phenoxy) is 1. The lowest BCUT2D eigenvalue weighted by molar-refractivity contribution is 0.101. The summed E-state index contributed by atoms with van der Waals surface area (Å²) < 4.78 is 6.19. The van der Waals surface area contributed by atoms with Crippen molar-refractivity contribution in [3.8, 4) is 5.75 Å². The van der Waals surface area contributed by atoms with Crippen molar-refractivity contribution in [1.29, 1.82) is 0 Å². The van der Waals surface area contributed by atoms with Crippen LogP contribution in [0.5, 0.6) is 5.75 Å². The van der Waals surface area contributed by atoms with Crippen molar-refractivity contribution < 1.29 is 9.53 Å². The molecular weight excluding hydrogens is 330 g/mol. The first-order valence-electron chi connectivity index (χ1n) is 6.66. The number of hydrogen-bond acceptors (Lipinski definition) is 3. The van der Waals surface area contributed by atoms with E-state index in [1.807, 2.05) is 49.5 Å². The molecule has 2 aromatic carbocycles. The molecule has 0 spiro atoms. The second kappa shape index (κ2) is 6.76. The number of hydrogen-bond donors (Lipinski definition) is 0. The Kier molecular flexibility index (Phi) is 5.02. The Morgan fingerprint density at radius 1 is 1.24 bits per heavy atom. The molecule has 0 aromatic heterocycles. The Labute approximate surface area is 133 Å². The number of halogens is 1. The Morgan fingerprint density at radius 3 is 2.57 bits per heavy atom. The largest absolute Gasteiger partial charge is 0.496 e. The van der Waals surface area contributed by atoms with Gasteiger partial charge in [0, 0.05) is 34.9 Å². The van der Waals surface area contributed by atoms with Gasteiger partial charge in [-0.25, -0.2) is 0 Å². The van der Waals surface area contributed by atoms with Gasteiger partial charge in [0.15, 0.2) is 5.78 Å². The van der Waals surface area contributed by atoms with Crippen molar-refractivity contribution >= 4 is 27.4 Å². The molecule has 21 heavy (non-hydrogen) atoms. The molecule has 110 valence electrons. The standard InChI is InChI=1S/C17H18BrNO2/c1-12(20)15-9-8-14(10-16(15)18)19(2)11-13-6-4-5-7-17(13)21-3/h4-10H,11H2,1-3H3. The molecule has 0 radical (unpaired) electrons. The summed E-state index contributed by atoms with van der Waals surface area (Å²) in [5.74, 6) is 0.935. The van der Waals surface area contributed by atoms with Crippen LogP contribution in [0.25, 0.3) is 0 Å². The Morgan fingerprint density at radius 2 is 1.95 bits per heavy atom. The minimum atomic E-state index is 0.0563. The highest BCUT2D eigenvalue weighted by Crippen LogP contribution is 2.26. The molecule has 0 aliphatic carbocycles. The highest BCUT2D eigenvalue weighted by Gasteiger charge is 2.10. The van der Waals surface area contributed by atoms with Crippen LogP contribution in [-0.4, -0.2) is 19.9 Å². The van der Waals surface area contributed by atoms with Crippen LogP contribution in [0, 0.1) is 0 Å². The molecule has 0 bridgehead atoms. The van der Waals surface area contributed by atoms with Crippen LogP contribution in [0.15, 0.2) is 46.9 Å². The fourth-order valence-corrected chi connectivity index (χ4v) is 2.85. The molecule has 0 saturated heterocycles. The average molecular weight is 348 g/mol. The Hall–Kier alpha value is -1.81. The molecule has 0 aliphatic heterocycles. The summed E-state index contributed by atoms with van der Waals surface area (Å²) in [6.07, 6.45) is 0. The van der Waals surface area contributed by atoms with Gasteiger partial charge in [-0.05, 0) is 47.1 Å². The van der Waals surface area contributed by atoms with E-state index in [9.17, 15) is 4.79 Å². The van der Waals surface area contributed by atoms with Crippen LogP contribution in [0.4, 0.5) is 5.69 Å². The number of anilines is 1. The molecular formula is C17H18BrNO2. The topological polar surface area (TPSA) is 29.5 Å². The van der Waals surface area contributed by atoms with Crippen LogP contribution in [0.1, 0.15) is 22.8 Å². The number of rotatable bonds is 5. The molecule has 0 unspecified atom stereocenters. The number of nitrogens with zero attached hydrogens (tertiary/aromatic N) is 1. The summed E-state index contributed by atoms with van der Waals surface area (Å²) in [7, 11) is 3.69. The molecule has 0 atom stereocenters. The number of methoxy groups -OCH3 is 1. The van der Waals surface area contributed by atoms with Crippen LogP contribution in [0.3, 0.4) is 0 Å². The van der Waals surface area contributed by atoms with Gasteiger partial charge in [-0.15, -0.1) is 0 Å². The van der Waals surface area contributed by atoms with Gasteiger partial charge in [0.25, 0.3) is 0 Å². The highest BCUT2D eigenvalue weighted by molar-refractivity contribution is 9.10. The Balaban J connectivity index is 2.22. The van der Waals surface area contributed by atoms with E-state index in [2.05, 4.69) is 20.8 Å². The fourth-order valence-electron chi connectivity index (χ4n) is 2.21. The second-order valence-corrected chi connectivity index (χ2v) is 5.74. The van der Waals surface area contributed by atoms with Crippen molar-refractivity contribution in [2.24, 2.45) is 0 Å². The SMILES string of the molecule is COc1ccccc1CN(C)c1ccc(C(C)=O)c(Br)c1. The van der Waals surface area contributed by atoms with E-state index in [0.29, 0.717) is 5.56 Å². The lowest BCUT2D eigenvalue weighted by Gasteiger charge is -2.21. The molecule has 3 nitrogen and oxygen atoms in total. The summed E-state index contributed by atoms with van der Waals surface area (Å²) in [5, 5.41) is 0. The van der Waals surface area contributed by atoms with Crippen LogP contribution in [0.2, 0.25) is 0 Å². The second-order valence-electron chi connectivity index (χ2n) is 4.89. The van der Waals surface area contributed by atoms with Crippen molar-refractivity contribution in [1.82, 2.24) is 0 Å². The van der Waals surface area contributed by atoms with E-state index in [4.69, 9.17) is 4.74 Å². The zero-order chi connectivity index (χ0) is 15.4. The molecule has 4 heteroatoms. The van der Waals surface area contributed by atoms with Gasteiger partial charge in [-0.2, -0.15) is 0 Å². The summed E-state index contributed by atoms with van der Waals surface area (Å²) in [4.78, 5) is 13.6. The van der Waals surface area contributed by atoms with Gasteiger partial charge >= 0.3 is 0 Å². The van der Waals surface area contributed by atoms with Gasteiger partial charge in [-0.3, -0.25) is 4.79 Å². The first-order chi connectivity index (χ1) is 10.0. The lowest BCUT2D eigenvalue weighted by Crippen LogP contribution is -2.17. The van der Waals surface area contributed by atoms with E-state index < -0.39 is 0 Å². The van der Waals surface area contributed by atoms with E-state index >= 15 is 0 Å². The third-order valence-corrected chi connectivity index (χ3v) is 4.03. The maximum absolute atomic E-state index is 11.5. The van der Waals surface area contributed by atoms with Crippen LogP contribution in [-0.2, 0) is 6.54 Å². The summed E-state index contributed by atoms with van der Waals surface area (Å²) in [6.45, 7) is 2.30. The maximum atomic E-state index is 11.5. The fraction of sp³-hybridized carbons (Fsp3) is 0.235. The zero-order valence-corrected chi connectivity index (χ0v) is 14.0. The van der Waals surface area contributed by atoms with Gasteiger partial charge < -0.3 is 9.64 Å². The third-order valence-electron chi connectivity index (χ3n) is 3.37. The predicted molar refractivity (Wildman–Crippen MR) is 89.2 cm³/mol. The first kappa shape index (κ1) is 15.6. The average Bonchev–Trinajstić information content (AvgIpc) is 2.47. The predicted octanol–water partition coefficient (Wildman–Crippen LogP) is 4.30. The monoisotopic (exact) mass is 347 g/mol. The summed E-state index contributed by atoms with van der Waals surface area (Å²) >= 11 is 3.46.